The smallest absolute Gasteiger partial charge is 0.181 e. The monoisotopic (exact) mass is 264 g/mol. The van der Waals surface area contributed by atoms with Crippen LogP contribution in [0.3, 0.4) is 0 Å². The maximum absolute atomic E-state index is 12.3. The number of Topliss-reactive ketones (excluding diaryl/α,β-unsaturated/α-hetero) is 1. The second-order valence-electron chi connectivity index (χ2n) is 4.31. The third-order valence-corrected chi connectivity index (χ3v) is 3.84. The number of carbonyl (C=O) groups excluding carboxylic acids is 2. The molecule has 5 heteroatoms. The SMILES string of the molecule is CSc1ccc(C(=O)C2NC(C=O)NC2C)cc1. The minimum Gasteiger partial charge on any atom is -0.300 e. The Hall–Kier alpha value is -1.17. The number of aldehydes is 1. The van der Waals surface area contributed by atoms with E-state index in [-0.39, 0.29) is 17.9 Å². The fourth-order valence-corrected chi connectivity index (χ4v) is 2.49. The highest BCUT2D eigenvalue weighted by Gasteiger charge is 2.34. The number of nitrogens with one attached hydrogen (secondary N) is 2. The summed E-state index contributed by atoms with van der Waals surface area (Å²) in [4.78, 5) is 24.1. The number of rotatable bonds is 4. The average Bonchev–Trinajstić information content (AvgIpc) is 2.79. The normalized spacial score (nSPS) is 27.1. The van der Waals surface area contributed by atoms with Gasteiger partial charge in [-0.15, -0.1) is 11.8 Å². The lowest BCUT2D eigenvalue weighted by Crippen LogP contribution is -2.40. The van der Waals surface area contributed by atoms with Crippen LogP contribution in [0.25, 0.3) is 0 Å². The molecule has 0 spiro atoms. The lowest BCUT2D eigenvalue weighted by Gasteiger charge is -2.13. The third-order valence-electron chi connectivity index (χ3n) is 3.09. The maximum Gasteiger partial charge on any atom is 0.181 e. The van der Waals surface area contributed by atoms with Crippen molar-refractivity contribution < 1.29 is 9.59 Å². The molecule has 4 nitrogen and oxygen atoms in total. The highest BCUT2D eigenvalue weighted by Crippen LogP contribution is 2.17. The van der Waals surface area contributed by atoms with Crippen molar-refractivity contribution in [2.45, 2.75) is 30.1 Å². The van der Waals surface area contributed by atoms with Gasteiger partial charge in [-0.2, -0.15) is 0 Å². The molecular formula is C13H16N2O2S. The largest absolute Gasteiger partial charge is 0.300 e. The molecule has 1 saturated heterocycles. The average molecular weight is 264 g/mol. The van der Waals surface area contributed by atoms with Gasteiger partial charge in [-0.25, -0.2) is 0 Å². The van der Waals surface area contributed by atoms with Crippen LogP contribution < -0.4 is 10.6 Å². The number of ketones is 1. The highest BCUT2D eigenvalue weighted by molar-refractivity contribution is 7.98. The second kappa shape index (κ2) is 5.65. The summed E-state index contributed by atoms with van der Waals surface area (Å²) in [6.45, 7) is 1.90. The fraction of sp³-hybridized carbons (Fsp3) is 0.385. The molecule has 0 radical (unpaired) electrons. The van der Waals surface area contributed by atoms with Gasteiger partial charge in [-0.1, -0.05) is 12.1 Å². The first-order valence-electron chi connectivity index (χ1n) is 5.81. The summed E-state index contributed by atoms with van der Waals surface area (Å²) >= 11 is 1.64. The van der Waals surface area contributed by atoms with Crippen LogP contribution in [-0.4, -0.2) is 36.6 Å². The summed E-state index contributed by atoms with van der Waals surface area (Å²) < 4.78 is 0. The van der Waals surface area contributed by atoms with E-state index in [9.17, 15) is 9.59 Å². The van der Waals surface area contributed by atoms with Gasteiger partial charge in [0.15, 0.2) is 12.1 Å². The molecule has 1 aromatic carbocycles. The van der Waals surface area contributed by atoms with Crippen molar-refractivity contribution in [1.82, 2.24) is 10.6 Å². The molecule has 0 aromatic heterocycles. The highest BCUT2D eigenvalue weighted by atomic mass is 32.2. The lowest BCUT2D eigenvalue weighted by molar-refractivity contribution is -0.109. The zero-order valence-electron chi connectivity index (χ0n) is 10.3. The molecule has 0 amide bonds. The Morgan fingerprint density at radius 1 is 1.28 bits per heavy atom. The van der Waals surface area contributed by atoms with Gasteiger partial charge in [0.2, 0.25) is 0 Å². The fourth-order valence-electron chi connectivity index (χ4n) is 2.08. The molecule has 96 valence electrons. The van der Waals surface area contributed by atoms with Gasteiger partial charge in [-0.05, 0) is 25.3 Å². The van der Waals surface area contributed by atoms with Crippen LogP contribution in [0.1, 0.15) is 17.3 Å². The Bertz CT molecular complexity index is 447. The van der Waals surface area contributed by atoms with Crippen LogP contribution in [0, 0.1) is 0 Å². The first-order chi connectivity index (χ1) is 8.65. The number of thioether (sulfide) groups is 1. The van der Waals surface area contributed by atoms with E-state index in [0.717, 1.165) is 11.2 Å². The Labute approximate surface area is 111 Å². The van der Waals surface area contributed by atoms with Crippen molar-refractivity contribution in [2.24, 2.45) is 0 Å². The predicted molar refractivity (Wildman–Crippen MR) is 71.9 cm³/mol. The van der Waals surface area contributed by atoms with Crippen molar-refractivity contribution in [1.29, 1.82) is 0 Å². The molecule has 3 unspecified atom stereocenters. The molecular weight excluding hydrogens is 248 g/mol. The van der Waals surface area contributed by atoms with Gasteiger partial charge in [0, 0.05) is 16.5 Å². The van der Waals surface area contributed by atoms with E-state index in [1.165, 1.54) is 0 Å². The van der Waals surface area contributed by atoms with Crippen LogP contribution >= 0.6 is 11.8 Å². The van der Waals surface area contributed by atoms with E-state index in [1.54, 1.807) is 11.8 Å². The molecule has 0 aliphatic carbocycles. The Morgan fingerprint density at radius 2 is 1.94 bits per heavy atom. The molecule has 0 bridgehead atoms. The Morgan fingerprint density at radius 3 is 2.44 bits per heavy atom. The summed E-state index contributed by atoms with van der Waals surface area (Å²) in [6.07, 6.45) is 2.34. The summed E-state index contributed by atoms with van der Waals surface area (Å²) in [5, 5.41) is 6.01. The Balaban J connectivity index is 2.13. The summed E-state index contributed by atoms with van der Waals surface area (Å²) in [5.41, 5.74) is 0.672. The molecule has 2 rings (SSSR count). The van der Waals surface area contributed by atoms with Crippen LogP contribution in [0.4, 0.5) is 0 Å². The van der Waals surface area contributed by atoms with Crippen molar-refractivity contribution in [3.63, 3.8) is 0 Å². The quantitative estimate of drug-likeness (QED) is 0.484. The van der Waals surface area contributed by atoms with Crippen molar-refractivity contribution in [3.05, 3.63) is 29.8 Å². The van der Waals surface area contributed by atoms with Crippen molar-refractivity contribution in [3.8, 4) is 0 Å². The van der Waals surface area contributed by atoms with Crippen molar-refractivity contribution >= 4 is 23.8 Å². The van der Waals surface area contributed by atoms with Gasteiger partial charge in [-0.3, -0.25) is 15.4 Å². The van der Waals surface area contributed by atoms with Gasteiger partial charge < -0.3 is 4.79 Å². The third kappa shape index (κ3) is 2.63. The van der Waals surface area contributed by atoms with Crippen LogP contribution in [-0.2, 0) is 4.79 Å². The topological polar surface area (TPSA) is 58.2 Å². The van der Waals surface area contributed by atoms with E-state index < -0.39 is 6.17 Å². The number of carbonyl (C=O) groups is 2. The van der Waals surface area contributed by atoms with E-state index in [4.69, 9.17) is 0 Å². The molecule has 1 fully saturated rings. The van der Waals surface area contributed by atoms with Gasteiger partial charge in [0.25, 0.3) is 0 Å². The standard InChI is InChI=1S/C13H16N2O2S/c1-8-12(15-11(7-16)14-8)13(17)9-3-5-10(18-2)6-4-9/h3-8,11-12,14-15H,1-2H3. The molecule has 18 heavy (non-hydrogen) atoms. The zero-order chi connectivity index (χ0) is 13.1. The molecule has 2 N–H and O–H groups in total. The molecule has 1 aliphatic rings. The second-order valence-corrected chi connectivity index (χ2v) is 5.19. The minimum atomic E-state index is -0.431. The number of hydrogen-bond acceptors (Lipinski definition) is 5. The first-order valence-corrected chi connectivity index (χ1v) is 7.04. The van der Waals surface area contributed by atoms with Gasteiger partial charge in [0.1, 0.15) is 6.17 Å². The van der Waals surface area contributed by atoms with Gasteiger partial charge in [0.05, 0.1) is 6.04 Å². The lowest BCUT2D eigenvalue weighted by atomic mass is 10.0. The molecule has 1 aromatic rings. The summed E-state index contributed by atoms with van der Waals surface area (Å²) in [7, 11) is 0. The van der Waals surface area contributed by atoms with Crippen molar-refractivity contribution in [2.75, 3.05) is 6.26 Å². The molecule has 3 atom stereocenters. The number of hydrogen-bond donors (Lipinski definition) is 2. The zero-order valence-corrected chi connectivity index (χ0v) is 11.2. The predicted octanol–water partition coefficient (Wildman–Crippen LogP) is 1.07. The van der Waals surface area contributed by atoms with Gasteiger partial charge >= 0.3 is 0 Å². The van der Waals surface area contributed by atoms with E-state index in [2.05, 4.69) is 10.6 Å². The summed E-state index contributed by atoms with van der Waals surface area (Å²) in [5.74, 6) is 0.0204. The minimum absolute atomic E-state index is 0.0204. The summed E-state index contributed by atoms with van der Waals surface area (Å²) in [6, 6.07) is 7.13. The first kappa shape index (κ1) is 13.3. The Kier molecular flexibility index (Phi) is 4.16. The maximum atomic E-state index is 12.3. The number of benzene rings is 1. The van der Waals surface area contributed by atoms with Crippen LogP contribution in [0.2, 0.25) is 0 Å². The van der Waals surface area contributed by atoms with Crippen LogP contribution in [0.5, 0.6) is 0 Å². The molecule has 1 aliphatic heterocycles. The molecule has 1 heterocycles. The molecule has 0 saturated carbocycles. The van der Waals surface area contributed by atoms with E-state index in [0.29, 0.717) is 5.56 Å². The van der Waals surface area contributed by atoms with E-state index in [1.807, 2.05) is 37.4 Å². The van der Waals surface area contributed by atoms with E-state index >= 15 is 0 Å². The van der Waals surface area contributed by atoms with Crippen LogP contribution in [0.15, 0.2) is 29.2 Å².